The minimum absolute atomic E-state index is 0.158. The van der Waals surface area contributed by atoms with Crippen LogP contribution in [0.4, 0.5) is 19.3 Å². The molecule has 1 N–H and O–H groups in total. The van der Waals surface area contributed by atoms with E-state index in [2.05, 4.69) is 15.5 Å². The molecule has 2 heterocycles. The molecule has 3 aromatic carbocycles. The van der Waals surface area contributed by atoms with Crippen LogP contribution in [0, 0.1) is 18.6 Å². The summed E-state index contributed by atoms with van der Waals surface area (Å²) in [6, 6.07) is 16.1. The van der Waals surface area contributed by atoms with Crippen LogP contribution in [0.3, 0.4) is 0 Å². The number of aryl methyl sites for hydroxylation is 1. The normalized spacial score (nSPS) is 16.0. The number of amides is 2. The molecule has 0 saturated heterocycles. The lowest BCUT2D eigenvalue weighted by atomic mass is 9.94. The Morgan fingerprint density at radius 1 is 1.03 bits per heavy atom. The van der Waals surface area contributed by atoms with Gasteiger partial charge in [-0.2, -0.15) is 4.98 Å². The molecule has 1 aliphatic rings. The number of aromatic nitrogens is 2. The summed E-state index contributed by atoms with van der Waals surface area (Å²) in [5.74, 6) is -0.338. The molecule has 1 aromatic heterocycles. The van der Waals surface area contributed by atoms with Gasteiger partial charge in [-0.3, -0.25) is 4.90 Å². The van der Waals surface area contributed by atoms with Crippen LogP contribution in [-0.2, 0) is 0 Å². The Hall–Kier alpha value is -4.04. The highest BCUT2D eigenvalue weighted by Gasteiger charge is 2.36. The highest BCUT2D eigenvalue weighted by Crippen LogP contribution is 2.39. The van der Waals surface area contributed by atoms with Crippen LogP contribution in [0.2, 0.25) is 5.02 Å². The highest BCUT2D eigenvalue weighted by atomic mass is 35.5. The lowest BCUT2D eigenvalue weighted by Crippen LogP contribution is -2.46. The fraction of sp³-hybridized carbons (Fsp3) is 0.115. The predicted octanol–water partition coefficient (Wildman–Crippen LogP) is 6.68. The SMILES string of the molecule is CC1=C(c2nc(-c3ccc(Cl)cc3)no2)C(c2cccc(F)c2)NC(=O)N1c1ccc(F)c(C)c1. The largest absolute Gasteiger partial charge is 0.334 e. The standard InChI is InChI=1S/C26H19ClF2N4O2/c1-14-12-20(10-11-21(14)29)33-15(2)22(23(30-26(33)34)17-4-3-5-19(28)13-17)25-31-24(32-35-25)16-6-8-18(27)9-7-16/h3-13,23H,1-2H3,(H,30,34). The molecule has 4 aromatic rings. The number of allylic oxidation sites excluding steroid dienone is 1. The average molecular weight is 493 g/mol. The average Bonchev–Trinajstić information content (AvgIpc) is 3.31. The van der Waals surface area contributed by atoms with Gasteiger partial charge in [0, 0.05) is 16.3 Å². The van der Waals surface area contributed by atoms with Gasteiger partial charge < -0.3 is 9.84 Å². The van der Waals surface area contributed by atoms with Gasteiger partial charge in [-0.1, -0.05) is 28.9 Å². The van der Waals surface area contributed by atoms with Gasteiger partial charge in [0.25, 0.3) is 5.89 Å². The summed E-state index contributed by atoms with van der Waals surface area (Å²) in [7, 11) is 0. The van der Waals surface area contributed by atoms with Crippen molar-refractivity contribution < 1.29 is 18.1 Å². The lowest BCUT2D eigenvalue weighted by Gasteiger charge is -2.35. The van der Waals surface area contributed by atoms with Crippen molar-refractivity contribution in [3.8, 4) is 11.4 Å². The summed E-state index contributed by atoms with van der Waals surface area (Å²) >= 11 is 5.98. The first-order valence-electron chi connectivity index (χ1n) is 10.7. The van der Waals surface area contributed by atoms with Crippen LogP contribution in [0.5, 0.6) is 0 Å². The number of hydrogen-bond donors (Lipinski definition) is 1. The summed E-state index contributed by atoms with van der Waals surface area (Å²) in [5.41, 5.74) is 3.03. The van der Waals surface area contributed by atoms with Crippen molar-refractivity contribution in [1.29, 1.82) is 0 Å². The number of hydrogen-bond acceptors (Lipinski definition) is 4. The summed E-state index contributed by atoms with van der Waals surface area (Å²) in [6.07, 6.45) is 0. The molecule has 0 spiro atoms. The summed E-state index contributed by atoms with van der Waals surface area (Å²) in [4.78, 5) is 19.2. The van der Waals surface area contributed by atoms with Crippen molar-refractivity contribution in [2.24, 2.45) is 0 Å². The second-order valence-electron chi connectivity index (χ2n) is 8.14. The first-order valence-corrected chi connectivity index (χ1v) is 11.1. The van der Waals surface area contributed by atoms with E-state index >= 15 is 0 Å². The highest BCUT2D eigenvalue weighted by molar-refractivity contribution is 6.30. The molecule has 1 unspecified atom stereocenters. The number of halogens is 3. The molecule has 0 aliphatic carbocycles. The van der Waals surface area contributed by atoms with Crippen LogP contribution < -0.4 is 10.2 Å². The van der Waals surface area contributed by atoms with Crippen LogP contribution in [0.15, 0.2) is 77.0 Å². The third-order valence-electron chi connectivity index (χ3n) is 5.83. The number of rotatable bonds is 4. The molecular weight excluding hydrogens is 474 g/mol. The zero-order valence-corrected chi connectivity index (χ0v) is 19.5. The molecule has 6 nitrogen and oxygen atoms in total. The second-order valence-corrected chi connectivity index (χ2v) is 8.57. The number of carbonyl (C=O) groups excluding carboxylic acids is 1. The molecule has 1 atom stereocenters. The van der Waals surface area contributed by atoms with Crippen molar-refractivity contribution in [3.05, 3.63) is 106 Å². The number of urea groups is 1. The van der Waals surface area contributed by atoms with E-state index < -0.39 is 17.9 Å². The van der Waals surface area contributed by atoms with Gasteiger partial charge in [-0.25, -0.2) is 13.6 Å². The van der Waals surface area contributed by atoms with E-state index in [1.54, 1.807) is 56.3 Å². The zero-order valence-electron chi connectivity index (χ0n) is 18.7. The number of carbonyl (C=O) groups is 1. The molecule has 2 amide bonds. The van der Waals surface area contributed by atoms with Gasteiger partial charge in [0.1, 0.15) is 11.6 Å². The zero-order chi connectivity index (χ0) is 24.7. The van der Waals surface area contributed by atoms with E-state index in [4.69, 9.17) is 16.1 Å². The number of nitrogens with zero attached hydrogens (tertiary/aromatic N) is 3. The van der Waals surface area contributed by atoms with Crippen LogP contribution in [-0.4, -0.2) is 16.2 Å². The molecule has 35 heavy (non-hydrogen) atoms. The van der Waals surface area contributed by atoms with Crippen molar-refractivity contribution in [2.75, 3.05) is 4.90 Å². The number of nitrogens with one attached hydrogen (secondary N) is 1. The predicted molar refractivity (Wildman–Crippen MR) is 129 cm³/mol. The smallest absolute Gasteiger partial charge is 0.326 e. The van der Waals surface area contributed by atoms with Crippen LogP contribution >= 0.6 is 11.6 Å². The summed E-state index contributed by atoms with van der Waals surface area (Å²) in [6.45, 7) is 3.35. The van der Waals surface area contributed by atoms with Crippen molar-refractivity contribution >= 4 is 28.9 Å². The Kier molecular flexibility index (Phi) is 5.82. The molecule has 176 valence electrons. The molecule has 0 fully saturated rings. The van der Waals surface area contributed by atoms with E-state index in [-0.39, 0.29) is 11.7 Å². The molecule has 9 heteroatoms. The Labute approximate surface area is 204 Å². The Balaban J connectivity index is 1.66. The quantitative estimate of drug-likeness (QED) is 0.345. The van der Waals surface area contributed by atoms with Gasteiger partial charge in [0.15, 0.2) is 0 Å². The van der Waals surface area contributed by atoms with E-state index in [1.807, 2.05) is 0 Å². The fourth-order valence-electron chi connectivity index (χ4n) is 4.08. The Morgan fingerprint density at radius 2 is 1.80 bits per heavy atom. The van der Waals surface area contributed by atoms with E-state index in [0.717, 1.165) is 0 Å². The Bertz CT molecular complexity index is 1470. The van der Waals surface area contributed by atoms with Gasteiger partial charge in [-0.05, 0) is 79.6 Å². The van der Waals surface area contributed by atoms with E-state index in [1.165, 1.54) is 29.2 Å². The monoisotopic (exact) mass is 492 g/mol. The second kappa shape index (κ2) is 8.96. The maximum atomic E-state index is 14.1. The van der Waals surface area contributed by atoms with Crippen LogP contribution in [0.25, 0.3) is 17.0 Å². The van der Waals surface area contributed by atoms with Crippen LogP contribution in [0.1, 0.15) is 30.0 Å². The minimum atomic E-state index is -0.755. The van der Waals surface area contributed by atoms with E-state index in [9.17, 15) is 13.6 Å². The first kappa shape index (κ1) is 22.7. The number of anilines is 1. The molecular formula is C26H19ClF2N4O2. The lowest BCUT2D eigenvalue weighted by molar-refractivity contribution is 0.244. The molecule has 0 saturated carbocycles. The Morgan fingerprint density at radius 3 is 2.51 bits per heavy atom. The van der Waals surface area contributed by atoms with Crippen molar-refractivity contribution in [3.63, 3.8) is 0 Å². The van der Waals surface area contributed by atoms with E-state index in [0.29, 0.717) is 44.5 Å². The summed E-state index contributed by atoms with van der Waals surface area (Å²) < 4.78 is 33.6. The van der Waals surface area contributed by atoms with Crippen molar-refractivity contribution in [1.82, 2.24) is 15.5 Å². The maximum absolute atomic E-state index is 14.1. The van der Waals surface area contributed by atoms with Crippen molar-refractivity contribution in [2.45, 2.75) is 19.9 Å². The third-order valence-corrected chi connectivity index (χ3v) is 6.08. The third kappa shape index (κ3) is 4.28. The topological polar surface area (TPSA) is 71.3 Å². The first-order chi connectivity index (χ1) is 16.8. The van der Waals surface area contributed by atoms with Gasteiger partial charge in [0.2, 0.25) is 5.82 Å². The number of benzene rings is 3. The summed E-state index contributed by atoms with van der Waals surface area (Å²) in [5, 5.41) is 7.57. The molecule has 0 radical (unpaired) electrons. The fourth-order valence-corrected chi connectivity index (χ4v) is 4.21. The minimum Gasteiger partial charge on any atom is -0.334 e. The molecule has 1 aliphatic heterocycles. The van der Waals surface area contributed by atoms with Gasteiger partial charge in [-0.15, -0.1) is 0 Å². The molecule has 0 bridgehead atoms. The van der Waals surface area contributed by atoms with Gasteiger partial charge >= 0.3 is 6.03 Å². The maximum Gasteiger partial charge on any atom is 0.326 e. The molecule has 5 rings (SSSR count). The van der Waals surface area contributed by atoms with Gasteiger partial charge in [0.05, 0.1) is 17.3 Å².